The standard InChI is InChI=1S/C13H20N2O4/c1-3-10(18-4-2)11-14-12(19-15-11)8-5-6-9(7-8)13(16)17/h8-10H,3-7H2,1-2H3,(H,16,17). The molecule has 0 aromatic carbocycles. The quantitative estimate of drug-likeness (QED) is 0.853. The molecule has 0 radical (unpaired) electrons. The second-order valence-electron chi connectivity index (χ2n) is 4.89. The van der Waals surface area contributed by atoms with Gasteiger partial charge >= 0.3 is 5.97 Å². The summed E-state index contributed by atoms with van der Waals surface area (Å²) in [7, 11) is 0. The summed E-state index contributed by atoms with van der Waals surface area (Å²) in [4.78, 5) is 15.3. The van der Waals surface area contributed by atoms with Gasteiger partial charge in [0.25, 0.3) is 0 Å². The lowest BCUT2D eigenvalue weighted by molar-refractivity contribution is -0.141. The van der Waals surface area contributed by atoms with Crippen molar-refractivity contribution >= 4 is 5.97 Å². The first-order valence-electron chi connectivity index (χ1n) is 6.83. The van der Waals surface area contributed by atoms with E-state index in [1.54, 1.807) is 0 Å². The van der Waals surface area contributed by atoms with Crippen LogP contribution >= 0.6 is 0 Å². The molecular weight excluding hydrogens is 248 g/mol. The fourth-order valence-electron chi connectivity index (χ4n) is 2.55. The van der Waals surface area contributed by atoms with Crippen molar-refractivity contribution < 1.29 is 19.2 Å². The zero-order valence-corrected chi connectivity index (χ0v) is 11.3. The Morgan fingerprint density at radius 3 is 2.89 bits per heavy atom. The van der Waals surface area contributed by atoms with Crippen molar-refractivity contribution in [1.29, 1.82) is 0 Å². The van der Waals surface area contributed by atoms with Crippen molar-refractivity contribution in [3.8, 4) is 0 Å². The Kier molecular flexibility index (Phi) is 4.52. The van der Waals surface area contributed by atoms with Crippen LogP contribution in [0.5, 0.6) is 0 Å². The average Bonchev–Trinajstić information content (AvgIpc) is 3.03. The van der Waals surface area contributed by atoms with Crippen molar-refractivity contribution in [3.63, 3.8) is 0 Å². The number of aliphatic carboxylic acids is 1. The maximum atomic E-state index is 10.9. The van der Waals surface area contributed by atoms with Gasteiger partial charge in [-0.3, -0.25) is 4.79 Å². The van der Waals surface area contributed by atoms with E-state index in [9.17, 15) is 4.79 Å². The van der Waals surface area contributed by atoms with E-state index in [2.05, 4.69) is 10.1 Å². The van der Waals surface area contributed by atoms with Crippen molar-refractivity contribution in [2.24, 2.45) is 5.92 Å². The van der Waals surface area contributed by atoms with Gasteiger partial charge in [-0.05, 0) is 32.6 Å². The Bertz CT molecular complexity index is 432. The molecule has 0 bridgehead atoms. The second-order valence-corrected chi connectivity index (χ2v) is 4.89. The lowest BCUT2D eigenvalue weighted by Crippen LogP contribution is -2.09. The van der Waals surface area contributed by atoms with Crippen LogP contribution in [0.4, 0.5) is 0 Å². The van der Waals surface area contributed by atoms with Crippen molar-refractivity contribution in [3.05, 3.63) is 11.7 Å². The molecule has 2 rings (SSSR count). The molecule has 3 atom stereocenters. The first kappa shape index (κ1) is 14.0. The Morgan fingerprint density at radius 1 is 1.53 bits per heavy atom. The predicted octanol–water partition coefficient (Wildman–Crippen LogP) is 2.53. The van der Waals surface area contributed by atoms with Gasteiger partial charge in [-0.15, -0.1) is 0 Å². The summed E-state index contributed by atoms with van der Waals surface area (Å²) < 4.78 is 10.8. The van der Waals surface area contributed by atoms with E-state index in [1.807, 2.05) is 13.8 Å². The zero-order chi connectivity index (χ0) is 13.8. The SMILES string of the molecule is CCOC(CC)c1noc(C2CCC(C(=O)O)C2)n1. The summed E-state index contributed by atoms with van der Waals surface area (Å²) in [6.07, 6.45) is 2.71. The summed E-state index contributed by atoms with van der Waals surface area (Å²) >= 11 is 0. The summed E-state index contributed by atoms with van der Waals surface area (Å²) in [5, 5.41) is 13.0. The molecule has 1 heterocycles. The van der Waals surface area contributed by atoms with Crippen LogP contribution in [0.15, 0.2) is 4.52 Å². The maximum Gasteiger partial charge on any atom is 0.306 e. The third-order valence-corrected chi connectivity index (χ3v) is 3.62. The zero-order valence-electron chi connectivity index (χ0n) is 11.3. The normalized spacial score (nSPS) is 24.5. The van der Waals surface area contributed by atoms with Gasteiger partial charge in [-0.2, -0.15) is 4.98 Å². The molecule has 1 N–H and O–H groups in total. The molecule has 1 fully saturated rings. The number of carbonyl (C=O) groups is 1. The van der Waals surface area contributed by atoms with E-state index in [0.717, 1.165) is 12.8 Å². The fraction of sp³-hybridized carbons (Fsp3) is 0.769. The summed E-state index contributed by atoms with van der Waals surface area (Å²) in [5.41, 5.74) is 0. The summed E-state index contributed by atoms with van der Waals surface area (Å²) in [6.45, 7) is 4.54. The Labute approximate surface area is 112 Å². The van der Waals surface area contributed by atoms with Gasteiger partial charge < -0.3 is 14.4 Å². The highest BCUT2D eigenvalue weighted by molar-refractivity contribution is 5.70. The lowest BCUT2D eigenvalue weighted by atomic mass is 10.1. The van der Waals surface area contributed by atoms with Crippen molar-refractivity contribution in [2.75, 3.05) is 6.61 Å². The number of aromatic nitrogens is 2. The number of hydrogen-bond acceptors (Lipinski definition) is 5. The number of hydrogen-bond donors (Lipinski definition) is 1. The van der Waals surface area contributed by atoms with Crippen LogP contribution in [-0.2, 0) is 9.53 Å². The predicted molar refractivity (Wildman–Crippen MR) is 66.7 cm³/mol. The lowest BCUT2D eigenvalue weighted by Gasteiger charge is -2.09. The monoisotopic (exact) mass is 268 g/mol. The van der Waals surface area contributed by atoms with Gasteiger partial charge in [0, 0.05) is 12.5 Å². The van der Waals surface area contributed by atoms with Crippen LogP contribution in [0.25, 0.3) is 0 Å². The Morgan fingerprint density at radius 2 is 2.32 bits per heavy atom. The van der Waals surface area contributed by atoms with Crippen molar-refractivity contribution in [1.82, 2.24) is 10.1 Å². The van der Waals surface area contributed by atoms with Crippen LogP contribution in [0.2, 0.25) is 0 Å². The highest BCUT2D eigenvalue weighted by atomic mass is 16.5. The molecule has 6 nitrogen and oxygen atoms in total. The minimum atomic E-state index is -0.733. The van der Waals surface area contributed by atoms with Crippen LogP contribution in [0, 0.1) is 5.92 Å². The van der Waals surface area contributed by atoms with Gasteiger partial charge in [-0.1, -0.05) is 12.1 Å². The van der Waals surface area contributed by atoms with Crippen LogP contribution in [-0.4, -0.2) is 27.8 Å². The molecule has 0 amide bonds. The third-order valence-electron chi connectivity index (χ3n) is 3.62. The average molecular weight is 268 g/mol. The molecule has 1 aromatic heterocycles. The highest BCUT2D eigenvalue weighted by Crippen LogP contribution is 2.38. The molecule has 106 valence electrons. The van der Waals surface area contributed by atoms with Gasteiger partial charge in [0.05, 0.1) is 5.92 Å². The van der Waals surface area contributed by atoms with Crippen LogP contribution in [0.3, 0.4) is 0 Å². The van der Waals surface area contributed by atoms with Gasteiger partial charge in [0.1, 0.15) is 6.10 Å². The number of ether oxygens (including phenoxy) is 1. The van der Waals surface area contributed by atoms with E-state index in [-0.39, 0.29) is 17.9 Å². The topological polar surface area (TPSA) is 85.5 Å². The molecule has 0 spiro atoms. The minimum Gasteiger partial charge on any atom is -0.481 e. The van der Waals surface area contributed by atoms with Crippen molar-refractivity contribution in [2.45, 2.75) is 51.6 Å². The molecule has 3 unspecified atom stereocenters. The van der Waals surface area contributed by atoms with Gasteiger partial charge in [0.2, 0.25) is 11.7 Å². The van der Waals surface area contributed by atoms with E-state index < -0.39 is 5.97 Å². The minimum absolute atomic E-state index is 0.0708. The molecule has 0 aliphatic heterocycles. The number of carboxylic acids is 1. The highest BCUT2D eigenvalue weighted by Gasteiger charge is 2.34. The van der Waals surface area contributed by atoms with Crippen LogP contribution < -0.4 is 0 Å². The number of nitrogens with zero attached hydrogens (tertiary/aromatic N) is 2. The maximum absolute atomic E-state index is 10.9. The molecule has 19 heavy (non-hydrogen) atoms. The molecule has 0 saturated heterocycles. The van der Waals surface area contributed by atoms with E-state index in [0.29, 0.717) is 31.2 Å². The molecule has 6 heteroatoms. The third kappa shape index (κ3) is 3.12. The first-order chi connectivity index (χ1) is 9.15. The van der Waals surface area contributed by atoms with E-state index >= 15 is 0 Å². The summed E-state index contributed by atoms with van der Waals surface area (Å²) in [5.74, 6) is 0.175. The largest absolute Gasteiger partial charge is 0.481 e. The number of rotatable bonds is 6. The van der Waals surface area contributed by atoms with E-state index in [4.69, 9.17) is 14.4 Å². The Hall–Kier alpha value is -1.43. The van der Waals surface area contributed by atoms with Gasteiger partial charge in [0.15, 0.2) is 0 Å². The molecule has 1 saturated carbocycles. The van der Waals surface area contributed by atoms with Crippen LogP contribution in [0.1, 0.15) is 63.3 Å². The fourth-order valence-corrected chi connectivity index (χ4v) is 2.55. The smallest absolute Gasteiger partial charge is 0.306 e. The second kappa shape index (κ2) is 6.14. The molecule has 1 aliphatic carbocycles. The van der Waals surface area contributed by atoms with Gasteiger partial charge in [-0.25, -0.2) is 0 Å². The molecule has 1 aromatic rings. The molecule has 1 aliphatic rings. The summed E-state index contributed by atoms with van der Waals surface area (Å²) in [6, 6.07) is 0. The Balaban J connectivity index is 2.03. The first-order valence-corrected chi connectivity index (χ1v) is 6.83. The number of carboxylic acid groups (broad SMARTS) is 1. The molecular formula is C13H20N2O4. The van der Waals surface area contributed by atoms with E-state index in [1.165, 1.54) is 0 Å².